The molecule has 1 heterocycles. The maximum Gasteiger partial charge on any atom is 0.0606 e. The van der Waals surface area contributed by atoms with E-state index in [-0.39, 0.29) is 6.10 Å². The van der Waals surface area contributed by atoms with E-state index in [1.807, 2.05) is 0 Å². The molecule has 0 aliphatic rings. The molecule has 1 nitrogen and oxygen atoms in total. The van der Waals surface area contributed by atoms with Gasteiger partial charge in [-0.1, -0.05) is 38.5 Å². The molecule has 1 N–H and O–H groups in total. The van der Waals surface area contributed by atoms with Crippen molar-refractivity contribution < 1.29 is 5.11 Å². The van der Waals surface area contributed by atoms with Gasteiger partial charge in [-0.2, -0.15) is 0 Å². The van der Waals surface area contributed by atoms with Gasteiger partial charge < -0.3 is 5.11 Å². The van der Waals surface area contributed by atoms with Crippen LogP contribution in [0.4, 0.5) is 0 Å². The molecule has 2 rings (SSSR count). The van der Waals surface area contributed by atoms with E-state index in [1.54, 1.807) is 11.3 Å². The SMILES string of the molecule is CCC(C)C(O)Cc1csc2ccccc12. The summed E-state index contributed by atoms with van der Waals surface area (Å²) in [5, 5.41) is 13.5. The maximum atomic E-state index is 10.1. The molecule has 2 heteroatoms. The van der Waals surface area contributed by atoms with Crippen molar-refractivity contribution in [3.8, 4) is 0 Å². The molecule has 2 atom stereocenters. The first kappa shape index (κ1) is 11.6. The van der Waals surface area contributed by atoms with Crippen molar-refractivity contribution in [3.63, 3.8) is 0 Å². The summed E-state index contributed by atoms with van der Waals surface area (Å²) in [5.74, 6) is 0.374. The third-order valence-electron chi connectivity index (χ3n) is 3.29. The van der Waals surface area contributed by atoms with Crippen LogP contribution < -0.4 is 0 Å². The molecule has 0 bridgehead atoms. The summed E-state index contributed by atoms with van der Waals surface area (Å²) in [7, 11) is 0. The minimum atomic E-state index is -0.219. The highest BCUT2D eigenvalue weighted by Crippen LogP contribution is 2.27. The Morgan fingerprint density at radius 1 is 1.31 bits per heavy atom. The van der Waals surface area contributed by atoms with E-state index >= 15 is 0 Å². The van der Waals surface area contributed by atoms with Crippen molar-refractivity contribution in [3.05, 3.63) is 35.2 Å². The van der Waals surface area contributed by atoms with Gasteiger partial charge in [-0.25, -0.2) is 0 Å². The monoisotopic (exact) mass is 234 g/mol. The number of hydrogen-bond donors (Lipinski definition) is 1. The fraction of sp³-hybridized carbons (Fsp3) is 0.429. The van der Waals surface area contributed by atoms with Gasteiger partial charge in [-0.05, 0) is 28.3 Å². The molecule has 2 aromatic rings. The van der Waals surface area contributed by atoms with Crippen LogP contribution in [0.2, 0.25) is 0 Å². The largest absolute Gasteiger partial charge is 0.393 e. The van der Waals surface area contributed by atoms with E-state index in [9.17, 15) is 5.11 Å². The van der Waals surface area contributed by atoms with Gasteiger partial charge in [0, 0.05) is 11.1 Å². The second kappa shape index (κ2) is 4.98. The molecule has 0 saturated carbocycles. The van der Waals surface area contributed by atoms with E-state index < -0.39 is 0 Å². The number of fused-ring (bicyclic) bond motifs is 1. The number of hydrogen-bond acceptors (Lipinski definition) is 2. The molecule has 0 aliphatic heterocycles. The molecule has 2 unspecified atom stereocenters. The van der Waals surface area contributed by atoms with Crippen molar-refractivity contribution in [1.29, 1.82) is 0 Å². The lowest BCUT2D eigenvalue weighted by molar-refractivity contribution is 0.115. The normalized spacial score (nSPS) is 15.2. The third kappa shape index (κ3) is 2.28. The molecule has 1 aromatic carbocycles. The summed E-state index contributed by atoms with van der Waals surface area (Å²) >= 11 is 1.76. The Labute approximate surface area is 101 Å². The highest BCUT2D eigenvalue weighted by atomic mass is 32.1. The minimum Gasteiger partial charge on any atom is -0.393 e. The quantitative estimate of drug-likeness (QED) is 0.852. The van der Waals surface area contributed by atoms with Gasteiger partial charge in [0.25, 0.3) is 0 Å². The van der Waals surface area contributed by atoms with Crippen molar-refractivity contribution in [1.82, 2.24) is 0 Å². The van der Waals surface area contributed by atoms with Crippen molar-refractivity contribution in [2.45, 2.75) is 32.8 Å². The molecule has 0 spiro atoms. The molecule has 0 amide bonds. The van der Waals surface area contributed by atoms with Crippen LogP contribution >= 0.6 is 11.3 Å². The molecule has 0 aliphatic carbocycles. The van der Waals surface area contributed by atoms with Gasteiger partial charge in [0.2, 0.25) is 0 Å². The summed E-state index contributed by atoms with van der Waals surface area (Å²) < 4.78 is 1.31. The fourth-order valence-corrected chi connectivity index (χ4v) is 2.87. The average molecular weight is 234 g/mol. The Balaban J connectivity index is 2.21. The smallest absolute Gasteiger partial charge is 0.0606 e. The zero-order valence-corrected chi connectivity index (χ0v) is 10.6. The summed E-state index contributed by atoms with van der Waals surface area (Å²) in [4.78, 5) is 0. The van der Waals surface area contributed by atoms with Crippen LogP contribution in [0.3, 0.4) is 0 Å². The minimum absolute atomic E-state index is 0.219. The lowest BCUT2D eigenvalue weighted by Gasteiger charge is -2.16. The highest BCUT2D eigenvalue weighted by molar-refractivity contribution is 7.17. The third-order valence-corrected chi connectivity index (χ3v) is 4.30. The Bertz CT molecular complexity index is 460. The first-order valence-electron chi connectivity index (χ1n) is 5.85. The highest BCUT2D eigenvalue weighted by Gasteiger charge is 2.14. The molecule has 1 aromatic heterocycles. The van der Waals surface area contributed by atoms with Crippen LogP contribution in [-0.2, 0) is 6.42 Å². The Morgan fingerprint density at radius 2 is 2.06 bits per heavy atom. The van der Waals surface area contributed by atoms with E-state index in [1.165, 1.54) is 15.6 Å². The van der Waals surface area contributed by atoms with Gasteiger partial charge in [-0.3, -0.25) is 0 Å². The maximum absolute atomic E-state index is 10.1. The number of thiophene rings is 1. The average Bonchev–Trinajstić information content (AvgIpc) is 2.72. The lowest BCUT2D eigenvalue weighted by Crippen LogP contribution is -2.19. The topological polar surface area (TPSA) is 20.2 Å². The van der Waals surface area contributed by atoms with Crippen LogP contribution in [0.25, 0.3) is 10.1 Å². The fourth-order valence-electron chi connectivity index (χ4n) is 1.89. The molecule has 0 radical (unpaired) electrons. The number of rotatable bonds is 4. The number of benzene rings is 1. The van der Waals surface area contributed by atoms with Crippen molar-refractivity contribution in [2.24, 2.45) is 5.92 Å². The summed E-state index contributed by atoms with van der Waals surface area (Å²) in [5.41, 5.74) is 1.29. The van der Waals surface area contributed by atoms with E-state index in [2.05, 4.69) is 43.5 Å². The second-order valence-electron chi connectivity index (χ2n) is 4.41. The number of aliphatic hydroxyl groups excluding tert-OH is 1. The van der Waals surface area contributed by atoms with Gasteiger partial charge in [0.1, 0.15) is 0 Å². The zero-order chi connectivity index (χ0) is 11.5. The van der Waals surface area contributed by atoms with Crippen LogP contribution in [0.15, 0.2) is 29.6 Å². The molecular weight excluding hydrogens is 216 g/mol. The van der Waals surface area contributed by atoms with Crippen molar-refractivity contribution in [2.75, 3.05) is 0 Å². The predicted octanol–water partition coefficient (Wildman–Crippen LogP) is 3.85. The first-order valence-corrected chi connectivity index (χ1v) is 6.73. The molecule has 86 valence electrons. The Kier molecular flexibility index (Phi) is 3.62. The van der Waals surface area contributed by atoms with E-state index in [0.717, 1.165) is 12.8 Å². The van der Waals surface area contributed by atoms with Crippen LogP contribution in [-0.4, -0.2) is 11.2 Å². The predicted molar refractivity (Wildman–Crippen MR) is 71.0 cm³/mol. The number of aliphatic hydroxyl groups is 1. The molecule has 0 saturated heterocycles. The Morgan fingerprint density at radius 3 is 2.81 bits per heavy atom. The van der Waals surface area contributed by atoms with Crippen molar-refractivity contribution >= 4 is 21.4 Å². The standard InChI is InChI=1S/C14H18OS/c1-3-10(2)13(15)8-11-9-16-14-7-5-4-6-12(11)14/h4-7,9-10,13,15H,3,8H2,1-2H3. The van der Waals surface area contributed by atoms with E-state index in [0.29, 0.717) is 5.92 Å². The van der Waals surface area contributed by atoms with Gasteiger partial charge in [0.15, 0.2) is 0 Å². The summed E-state index contributed by atoms with van der Waals surface area (Å²) in [6.07, 6.45) is 1.59. The van der Waals surface area contributed by atoms with Gasteiger partial charge >= 0.3 is 0 Å². The van der Waals surface area contributed by atoms with Gasteiger partial charge in [-0.15, -0.1) is 11.3 Å². The summed E-state index contributed by atoms with van der Waals surface area (Å²) in [6.45, 7) is 4.23. The van der Waals surface area contributed by atoms with E-state index in [4.69, 9.17) is 0 Å². The summed E-state index contributed by atoms with van der Waals surface area (Å²) in [6, 6.07) is 8.41. The lowest BCUT2D eigenvalue weighted by atomic mass is 9.95. The molecule has 16 heavy (non-hydrogen) atoms. The zero-order valence-electron chi connectivity index (χ0n) is 9.81. The van der Waals surface area contributed by atoms with Crippen LogP contribution in [0.5, 0.6) is 0 Å². The van der Waals surface area contributed by atoms with Crippen LogP contribution in [0.1, 0.15) is 25.8 Å². The first-order chi connectivity index (χ1) is 7.72. The Hall–Kier alpha value is -0.860. The molecular formula is C14H18OS. The van der Waals surface area contributed by atoms with Gasteiger partial charge in [0.05, 0.1) is 6.10 Å². The molecule has 0 fully saturated rings. The van der Waals surface area contributed by atoms with Crippen LogP contribution in [0, 0.1) is 5.92 Å². The second-order valence-corrected chi connectivity index (χ2v) is 5.33.